The normalized spacial score (nSPS) is 15.4. The summed E-state index contributed by atoms with van der Waals surface area (Å²) in [7, 11) is -3.79. The second kappa shape index (κ2) is 7.77. The molecule has 0 bridgehead atoms. The lowest BCUT2D eigenvalue weighted by atomic mass is 10.2. The number of sulfonamides is 1. The molecule has 3 rings (SSSR count). The van der Waals surface area contributed by atoms with Crippen molar-refractivity contribution < 1.29 is 17.5 Å². The first-order chi connectivity index (χ1) is 12.0. The van der Waals surface area contributed by atoms with Crippen LogP contribution in [0, 0.1) is 5.82 Å². The van der Waals surface area contributed by atoms with Crippen LogP contribution in [-0.2, 0) is 21.3 Å². The van der Waals surface area contributed by atoms with Crippen LogP contribution in [0.1, 0.15) is 5.56 Å². The summed E-state index contributed by atoms with van der Waals surface area (Å²) in [5, 5.41) is 0. The summed E-state index contributed by atoms with van der Waals surface area (Å²) in [6.07, 6.45) is 1.68. The van der Waals surface area contributed by atoms with E-state index in [0.29, 0.717) is 26.3 Å². The molecular formula is C16H17BrFN3O3S. The van der Waals surface area contributed by atoms with Crippen LogP contribution in [-0.4, -0.2) is 39.7 Å². The fraction of sp³-hybridized carbons (Fsp3) is 0.312. The molecule has 0 spiro atoms. The smallest absolute Gasteiger partial charge is 0.241 e. The van der Waals surface area contributed by atoms with Gasteiger partial charge in [-0.1, -0.05) is 6.07 Å². The second-order valence-corrected chi connectivity index (χ2v) is 8.07. The third kappa shape index (κ3) is 4.35. The van der Waals surface area contributed by atoms with Gasteiger partial charge in [-0.2, -0.15) is 0 Å². The lowest BCUT2D eigenvalue weighted by Gasteiger charge is -2.29. The summed E-state index contributed by atoms with van der Waals surface area (Å²) in [4.78, 5) is 6.44. The molecule has 0 radical (unpaired) electrons. The Balaban J connectivity index is 1.79. The number of benzene rings is 1. The highest BCUT2D eigenvalue weighted by atomic mass is 79.9. The number of anilines is 1. The van der Waals surface area contributed by atoms with Gasteiger partial charge in [0.25, 0.3) is 0 Å². The lowest BCUT2D eigenvalue weighted by molar-refractivity contribution is 0.122. The van der Waals surface area contributed by atoms with E-state index >= 15 is 0 Å². The van der Waals surface area contributed by atoms with Crippen molar-refractivity contribution in [1.29, 1.82) is 0 Å². The zero-order chi connectivity index (χ0) is 17.9. The average molecular weight is 430 g/mol. The Bertz CT molecular complexity index is 857. The van der Waals surface area contributed by atoms with Crippen LogP contribution in [0.3, 0.4) is 0 Å². The molecule has 2 aromatic rings. The van der Waals surface area contributed by atoms with Crippen molar-refractivity contribution in [3.05, 3.63) is 52.4 Å². The number of rotatable bonds is 5. The summed E-state index contributed by atoms with van der Waals surface area (Å²) in [5.41, 5.74) is 0.770. The molecule has 1 fully saturated rings. The van der Waals surface area contributed by atoms with E-state index < -0.39 is 15.8 Å². The number of halogens is 2. The number of pyridine rings is 1. The van der Waals surface area contributed by atoms with Crippen LogP contribution in [0.15, 0.2) is 45.9 Å². The predicted octanol–water partition coefficient (Wildman–Crippen LogP) is 2.30. The molecule has 0 saturated carbocycles. The number of nitrogens with zero attached hydrogens (tertiary/aromatic N) is 2. The minimum atomic E-state index is -3.79. The van der Waals surface area contributed by atoms with Crippen LogP contribution in [0.2, 0.25) is 0 Å². The highest BCUT2D eigenvalue weighted by Gasteiger charge is 2.20. The Kier molecular flexibility index (Phi) is 5.67. The summed E-state index contributed by atoms with van der Waals surface area (Å²) >= 11 is 3.09. The molecule has 0 atom stereocenters. The predicted molar refractivity (Wildman–Crippen MR) is 95.4 cm³/mol. The number of aromatic nitrogens is 1. The standard InChI is InChI=1S/C16H17BrFN3O3S/c17-14-10-13(18)3-4-15(14)25(22,23)20-11-12-2-1-5-19-16(12)21-6-8-24-9-7-21/h1-5,10,20H,6-9,11H2. The van der Waals surface area contributed by atoms with Crippen LogP contribution < -0.4 is 9.62 Å². The quantitative estimate of drug-likeness (QED) is 0.789. The number of hydrogen-bond acceptors (Lipinski definition) is 5. The first kappa shape index (κ1) is 18.2. The molecule has 0 aliphatic carbocycles. The van der Waals surface area contributed by atoms with Crippen LogP contribution in [0.5, 0.6) is 0 Å². The maximum Gasteiger partial charge on any atom is 0.241 e. The van der Waals surface area contributed by atoms with E-state index in [0.717, 1.165) is 23.5 Å². The molecule has 1 saturated heterocycles. The van der Waals surface area contributed by atoms with E-state index in [-0.39, 0.29) is 15.9 Å². The first-order valence-electron chi connectivity index (χ1n) is 7.69. The van der Waals surface area contributed by atoms with Crippen molar-refractivity contribution in [2.45, 2.75) is 11.4 Å². The summed E-state index contributed by atoms with van der Waals surface area (Å²) in [5.74, 6) is 0.236. The van der Waals surface area contributed by atoms with E-state index in [1.165, 1.54) is 6.07 Å². The zero-order valence-electron chi connectivity index (χ0n) is 13.3. The third-order valence-corrected chi connectivity index (χ3v) is 6.19. The number of ether oxygens (including phenoxy) is 1. The van der Waals surface area contributed by atoms with Gasteiger partial charge in [-0.25, -0.2) is 22.5 Å². The second-order valence-electron chi connectivity index (χ2n) is 5.48. The van der Waals surface area contributed by atoms with E-state index in [1.54, 1.807) is 12.3 Å². The van der Waals surface area contributed by atoms with Gasteiger partial charge in [-0.3, -0.25) is 0 Å². The summed E-state index contributed by atoms with van der Waals surface area (Å²) in [6.45, 7) is 2.74. The number of nitrogens with one attached hydrogen (secondary N) is 1. The topological polar surface area (TPSA) is 71.5 Å². The van der Waals surface area contributed by atoms with Crippen molar-refractivity contribution in [3.8, 4) is 0 Å². The molecule has 2 heterocycles. The van der Waals surface area contributed by atoms with Gasteiger partial charge in [0.05, 0.1) is 18.1 Å². The molecule has 1 aromatic heterocycles. The van der Waals surface area contributed by atoms with Crippen molar-refractivity contribution in [3.63, 3.8) is 0 Å². The van der Waals surface area contributed by atoms with E-state index in [4.69, 9.17) is 4.74 Å². The van der Waals surface area contributed by atoms with Crippen LogP contribution in [0.25, 0.3) is 0 Å². The Morgan fingerprint density at radius 3 is 2.76 bits per heavy atom. The van der Waals surface area contributed by atoms with E-state index in [9.17, 15) is 12.8 Å². The summed E-state index contributed by atoms with van der Waals surface area (Å²) in [6, 6.07) is 7.07. The van der Waals surface area contributed by atoms with Gasteiger partial charge in [0.1, 0.15) is 11.6 Å². The highest BCUT2D eigenvalue weighted by Crippen LogP contribution is 2.24. The third-order valence-electron chi connectivity index (χ3n) is 3.81. The molecule has 1 aliphatic rings. The van der Waals surface area contributed by atoms with Gasteiger partial charge in [-0.05, 0) is 40.2 Å². The molecule has 1 aromatic carbocycles. The largest absolute Gasteiger partial charge is 0.378 e. The van der Waals surface area contributed by atoms with Crippen LogP contribution >= 0.6 is 15.9 Å². The SMILES string of the molecule is O=S(=O)(NCc1cccnc1N1CCOCC1)c1ccc(F)cc1Br. The maximum atomic E-state index is 13.2. The molecule has 134 valence electrons. The van der Waals surface area contributed by atoms with Crippen molar-refractivity contribution in [2.24, 2.45) is 0 Å². The average Bonchev–Trinajstić information content (AvgIpc) is 2.61. The summed E-state index contributed by atoms with van der Waals surface area (Å²) < 4.78 is 46.3. The Morgan fingerprint density at radius 2 is 2.04 bits per heavy atom. The fourth-order valence-corrected chi connectivity index (χ4v) is 4.63. The van der Waals surface area contributed by atoms with Crippen molar-refractivity contribution >= 4 is 31.8 Å². The monoisotopic (exact) mass is 429 g/mol. The molecule has 25 heavy (non-hydrogen) atoms. The highest BCUT2D eigenvalue weighted by molar-refractivity contribution is 9.10. The van der Waals surface area contributed by atoms with Gasteiger partial charge < -0.3 is 9.64 Å². The Hall–Kier alpha value is -1.55. The lowest BCUT2D eigenvalue weighted by Crippen LogP contribution is -2.37. The molecular weight excluding hydrogens is 413 g/mol. The molecule has 0 amide bonds. The van der Waals surface area contributed by atoms with E-state index in [1.807, 2.05) is 6.07 Å². The van der Waals surface area contributed by atoms with Gasteiger partial charge in [0.2, 0.25) is 10.0 Å². The zero-order valence-corrected chi connectivity index (χ0v) is 15.7. The maximum absolute atomic E-state index is 13.2. The molecule has 0 unspecified atom stereocenters. The minimum absolute atomic E-state index is 0.00860. The molecule has 9 heteroatoms. The minimum Gasteiger partial charge on any atom is -0.378 e. The van der Waals surface area contributed by atoms with Crippen LogP contribution in [0.4, 0.5) is 10.2 Å². The van der Waals surface area contributed by atoms with Gasteiger partial charge in [0, 0.05) is 35.9 Å². The van der Waals surface area contributed by atoms with Gasteiger partial charge >= 0.3 is 0 Å². The Morgan fingerprint density at radius 1 is 1.28 bits per heavy atom. The first-order valence-corrected chi connectivity index (χ1v) is 9.96. The molecule has 1 N–H and O–H groups in total. The molecule has 6 nitrogen and oxygen atoms in total. The molecule has 1 aliphatic heterocycles. The van der Waals surface area contributed by atoms with Crippen molar-refractivity contribution in [2.75, 3.05) is 31.2 Å². The fourth-order valence-electron chi connectivity index (χ4n) is 2.57. The Labute approximate surface area is 154 Å². The van der Waals surface area contributed by atoms with Gasteiger partial charge in [0.15, 0.2) is 0 Å². The number of morpholine rings is 1. The van der Waals surface area contributed by atoms with Gasteiger partial charge in [-0.15, -0.1) is 0 Å². The number of hydrogen-bond donors (Lipinski definition) is 1. The van der Waals surface area contributed by atoms with E-state index in [2.05, 4.69) is 30.5 Å². The van der Waals surface area contributed by atoms with Crippen molar-refractivity contribution in [1.82, 2.24) is 9.71 Å².